The number of halogens is 1. The number of piperidine rings is 1. The van der Waals surface area contributed by atoms with Gasteiger partial charge in [-0.05, 0) is 53.4 Å². The fourth-order valence-corrected chi connectivity index (χ4v) is 2.93. The number of likely N-dealkylation sites (tertiary alicyclic amines) is 1. The minimum Gasteiger partial charge on any atom is -0.507 e. The zero-order chi connectivity index (χ0) is 17.5. The van der Waals surface area contributed by atoms with E-state index in [-0.39, 0.29) is 17.9 Å². The van der Waals surface area contributed by atoms with Crippen LogP contribution in [-0.4, -0.2) is 47.8 Å². The Morgan fingerprint density at radius 2 is 2.21 bits per heavy atom. The molecular weight excluding hydrogens is 376 g/mol. The predicted octanol–water partition coefficient (Wildman–Crippen LogP) is 2.18. The first-order chi connectivity index (χ1) is 11.5. The Morgan fingerprint density at radius 3 is 2.83 bits per heavy atom. The third kappa shape index (κ3) is 5.30. The molecule has 132 valence electrons. The highest BCUT2D eigenvalue weighted by molar-refractivity contribution is 9.10. The number of phenols is 1. The molecule has 2 rings (SSSR count). The van der Waals surface area contributed by atoms with Gasteiger partial charge in [0.15, 0.2) is 5.96 Å². The minimum absolute atomic E-state index is 0.196. The zero-order valence-corrected chi connectivity index (χ0v) is 15.3. The number of ether oxygens (including phenoxy) is 1. The molecule has 0 bridgehead atoms. The van der Waals surface area contributed by atoms with Gasteiger partial charge in [-0.1, -0.05) is 6.07 Å². The van der Waals surface area contributed by atoms with Gasteiger partial charge in [-0.15, -0.1) is 0 Å². The first-order valence-electron chi connectivity index (χ1n) is 7.95. The van der Waals surface area contributed by atoms with Crippen molar-refractivity contribution in [3.05, 3.63) is 28.2 Å². The lowest BCUT2D eigenvalue weighted by Gasteiger charge is -2.31. The zero-order valence-electron chi connectivity index (χ0n) is 13.7. The van der Waals surface area contributed by atoms with Crippen molar-refractivity contribution in [3.63, 3.8) is 0 Å². The summed E-state index contributed by atoms with van der Waals surface area (Å²) in [5, 5.41) is 12.7. The van der Waals surface area contributed by atoms with Gasteiger partial charge in [0.2, 0.25) is 0 Å². The molecule has 0 unspecified atom stereocenters. The van der Waals surface area contributed by atoms with E-state index in [1.54, 1.807) is 24.0 Å². The van der Waals surface area contributed by atoms with Crippen molar-refractivity contribution in [1.29, 1.82) is 0 Å². The topological polar surface area (TPSA) is 100 Å². The van der Waals surface area contributed by atoms with Crippen LogP contribution in [0.25, 0.3) is 0 Å². The molecule has 24 heavy (non-hydrogen) atoms. The molecule has 4 N–H and O–H groups in total. The van der Waals surface area contributed by atoms with Crippen LogP contribution in [0.2, 0.25) is 0 Å². The molecule has 1 aliphatic rings. The number of nitrogens with one attached hydrogen (secondary N) is 1. The number of guanidine groups is 1. The molecule has 0 atom stereocenters. The van der Waals surface area contributed by atoms with Crippen molar-refractivity contribution in [1.82, 2.24) is 10.2 Å². The Bertz CT molecular complexity index is 601. The summed E-state index contributed by atoms with van der Waals surface area (Å²) in [5.41, 5.74) is 6.88. The van der Waals surface area contributed by atoms with Crippen LogP contribution >= 0.6 is 15.9 Å². The fourth-order valence-electron chi connectivity index (χ4n) is 2.50. The van der Waals surface area contributed by atoms with Crippen LogP contribution in [0.4, 0.5) is 4.79 Å². The smallest absolute Gasteiger partial charge is 0.409 e. The van der Waals surface area contributed by atoms with Crippen molar-refractivity contribution in [2.45, 2.75) is 32.4 Å². The Morgan fingerprint density at radius 1 is 1.50 bits per heavy atom. The minimum atomic E-state index is -0.254. The van der Waals surface area contributed by atoms with Gasteiger partial charge in [-0.3, -0.25) is 0 Å². The summed E-state index contributed by atoms with van der Waals surface area (Å²) in [6.07, 6.45) is 1.36. The Balaban J connectivity index is 1.79. The first kappa shape index (κ1) is 18.4. The molecule has 0 radical (unpaired) electrons. The van der Waals surface area contributed by atoms with Crippen molar-refractivity contribution < 1.29 is 14.6 Å². The standard InChI is InChI=1S/C16H23BrN4O3/c1-2-24-16(23)21-7-5-12(6-8-21)20-15(18)19-10-11-3-4-14(22)13(17)9-11/h3-4,9,12,22H,2,5-8,10H2,1H3,(H3,18,19,20). The number of rotatable bonds is 4. The van der Waals surface area contributed by atoms with E-state index in [9.17, 15) is 9.90 Å². The molecule has 0 spiro atoms. The lowest BCUT2D eigenvalue weighted by atomic mass is 10.1. The van der Waals surface area contributed by atoms with Crippen LogP contribution in [0, 0.1) is 0 Å². The maximum Gasteiger partial charge on any atom is 0.409 e. The lowest BCUT2D eigenvalue weighted by Crippen LogP contribution is -2.48. The second-order valence-corrected chi connectivity index (χ2v) is 6.45. The SMILES string of the molecule is CCOC(=O)N1CCC(NC(N)=NCc2ccc(O)c(Br)c2)CC1. The largest absolute Gasteiger partial charge is 0.507 e. The lowest BCUT2D eigenvalue weighted by molar-refractivity contribution is 0.0963. The van der Waals surface area contributed by atoms with E-state index >= 15 is 0 Å². The molecule has 1 aromatic rings. The number of nitrogens with zero attached hydrogens (tertiary/aromatic N) is 2. The maximum absolute atomic E-state index is 11.7. The Hall–Kier alpha value is -1.96. The number of carbonyl (C=O) groups excluding carboxylic acids is 1. The molecule has 7 nitrogen and oxygen atoms in total. The van der Waals surface area contributed by atoms with Gasteiger partial charge in [0, 0.05) is 19.1 Å². The van der Waals surface area contributed by atoms with E-state index in [1.807, 2.05) is 6.07 Å². The van der Waals surface area contributed by atoms with Gasteiger partial charge in [0.05, 0.1) is 17.6 Å². The van der Waals surface area contributed by atoms with E-state index in [0.717, 1.165) is 18.4 Å². The van der Waals surface area contributed by atoms with E-state index in [0.29, 0.717) is 36.7 Å². The molecular formula is C16H23BrN4O3. The number of benzene rings is 1. The summed E-state index contributed by atoms with van der Waals surface area (Å²) in [4.78, 5) is 17.7. The van der Waals surface area contributed by atoms with Gasteiger partial charge >= 0.3 is 6.09 Å². The van der Waals surface area contributed by atoms with Gasteiger partial charge in [0.25, 0.3) is 0 Å². The van der Waals surface area contributed by atoms with E-state index in [1.165, 1.54) is 0 Å². The molecule has 1 heterocycles. The summed E-state index contributed by atoms with van der Waals surface area (Å²) in [5.74, 6) is 0.580. The highest BCUT2D eigenvalue weighted by Gasteiger charge is 2.23. The molecule has 0 aromatic heterocycles. The number of nitrogens with two attached hydrogens (primary N) is 1. The molecule has 0 saturated carbocycles. The first-order valence-corrected chi connectivity index (χ1v) is 8.74. The monoisotopic (exact) mass is 398 g/mol. The Labute approximate surface area is 150 Å². The van der Waals surface area contributed by atoms with Crippen LogP contribution in [0.3, 0.4) is 0 Å². The number of aliphatic imine (C=N–C) groups is 1. The second-order valence-electron chi connectivity index (χ2n) is 5.59. The van der Waals surface area contributed by atoms with Gasteiger partial charge in [0.1, 0.15) is 5.75 Å². The van der Waals surface area contributed by atoms with E-state index in [2.05, 4.69) is 26.2 Å². The molecule has 1 aromatic carbocycles. The number of phenolic OH excluding ortho intramolecular Hbond substituents is 1. The molecule has 1 fully saturated rings. The van der Waals surface area contributed by atoms with Gasteiger partial charge in [-0.2, -0.15) is 0 Å². The molecule has 1 amide bonds. The normalized spacial score (nSPS) is 16.1. The van der Waals surface area contributed by atoms with E-state index in [4.69, 9.17) is 10.5 Å². The predicted molar refractivity (Wildman–Crippen MR) is 95.9 cm³/mol. The third-order valence-corrected chi connectivity index (χ3v) is 4.45. The quantitative estimate of drug-likeness (QED) is 0.532. The van der Waals surface area contributed by atoms with Gasteiger partial charge in [-0.25, -0.2) is 9.79 Å². The van der Waals surface area contributed by atoms with Crippen molar-refractivity contribution in [2.24, 2.45) is 10.7 Å². The number of hydrogen-bond acceptors (Lipinski definition) is 4. The van der Waals surface area contributed by atoms with Crippen molar-refractivity contribution in [2.75, 3.05) is 19.7 Å². The molecule has 1 aliphatic heterocycles. The second kappa shape index (κ2) is 8.77. The number of aromatic hydroxyl groups is 1. The van der Waals surface area contributed by atoms with Crippen molar-refractivity contribution in [3.8, 4) is 5.75 Å². The third-order valence-electron chi connectivity index (χ3n) is 3.82. The van der Waals surface area contributed by atoms with Crippen LogP contribution in [0.1, 0.15) is 25.3 Å². The molecule has 8 heteroatoms. The van der Waals surface area contributed by atoms with Crippen LogP contribution in [-0.2, 0) is 11.3 Å². The van der Waals surface area contributed by atoms with Crippen molar-refractivity contribution >= 4 is 28.0 Å². The highest BCUT2D eigenvalue weighted by Crippen LogP contribution is 2.24. The van der Waals surface area contributed by atoms with Crippen LogP contribution in [0.15, 0.2) is 27.7 Å². The summed E-state index contributed by atoms with van der Waals surface area (Å²) < 4.78 is 5.63. The van der Waals surface area contributed by atoms with Gasteiger partial charge < -0.3 is 25.8 Å². The highest BCUT2D eigenvalue weighted by atomic mass is 79.9. The molecule has 0 aliphatic carbocycles. The summed E-state index contributed by atoms with van der Waals surface area (Å²) in [7, 11) is 0. The Kier molecular flexibility index (Phi) is 6.72. The van der Waals surface area contributed by atoms with E-state index < -0.39 is 0 Å². The summed E-state index contributed by atoms with van der Waals surface area (Å²) >= 11 is 3.27. The summed E-state index contributed by atoms with van der Waals surface area (Å²) in [6, 6.07) is 5.42. The fraction of sp³-hybridized carbons (Fsp3) is 0.500. The maximum atomic E-state index is 11.7. The number of hydrogen-bond donors (Lipinski definition) is 3. The average Bonchev–Trinajstić information content (AvgIpc) is 2.57. The molecule has 1 saturated heterocycles. The number of carbonyl (C=O) groups is 1. The average molecular weight is 399 g/mol. The summed E-state index contributed by atoms with van der Waals surface area (Å²) in [6.45, 7) is 3.92. The van der Waals surface area contributed by atoms with Crippen LogP contribution < -0.4 is 11.1 Å². The number of amides is 1. The van der Waals surface area contributed by atoms with Crippen LogP contribution in [0.5, 0.6) is 5.75 Å².